The molecule has 1 aromatic carbocycles. The number of carbonyl (C=O) groups excluding carboxylic acids is 1. The molecule has 1 aromatic rings. The van der Waals surface area contributed by atoms with Crippen molar-refractivity contribution >= 4 is 27.5 Å². The van der Waals surface area contributed by atoms with E-state index in [2.05, 4.69) is 32.2 Å². The predicted octanol–water partition coefficient (Wildman–Crippen LogP) is 1.35. The van der Waals surface area contributed by atoms with Crippen LogP contribution in [0.5, 0.6) is 0 Å². The summed E-state index contributed by atoms with van der Waals surface area (Å²) in [5, 5.41) is 2.87. The molecular weight excluding hydrogens is 282 g/mol. The summed E-state index contributed by atoms with van der Waals surface area (Å²) in [4.78, 5) is 13.5. The van der Waals surface area contributed by atoms with Crippen molar-refractivity contribution in [3.63, 3.8) is 0 Å². The first-order valence-electron chi connectivity index (χ1n) is 5.67. The van der Waals surface area contributed by atoms with E-state index in [0.29, 0.717) is 6.42 Å². The molecule has 1 aliphatic rings. The summed E-state index contributed by atoms with van der Waals surface area (Å²) in [5.74, 6) is 0.140. The van der Waals surface area contributed by atoms with Crippen LogP contribution in [0.1, 0.15) is 12.0 Å². The number of benzene rings is 1. The van der Waals surface area contributed by atoms with E-state index in [-0.39, 0.29) is 5.91 Å². The molecule has 1 saturated heterocycles. The van der Waals surface area contributed by atoms with E-state index in [1.54, 1.807) is 0 Å². The average molecular weight is 298 g/mol. The first kappa shape index (κ1) is 12.4. The number of nitrogen functional groups attached to an aromatic ring is 1. The van der Waals surface area contributed by atoms with Crippen LogP contribution in [0.2, 0.25) is 0 Å². The van der Waals surface area contributed by atoms with E-state index in [4.69, 9.17) is 5.73 Å². The molecule has 0 aromatic heterocycles. The van der Waals surface area contributed by atoms with Crippen molar-refractivity contribution in [3.05, 3.63) is 28.2 Å². The van der Waals surface area contributed by atoms with Crippen LogP contribution in [0, 0.1) is 0 Å². The smallest absolute Gasteiger partial charge is 0.221 e. The lowest BCUT2D eigenvalue weighted by Crippen LogP contribution is -2.28. The van der Waals surface area contributed by atoms with Gasteiger partial charge in [0, 0.05) is 42.8 Å². The molecular formula is C12H16BrN3O. The van der Waals surface area contributed by atoms with E-state index < -0.39 is 0 Å². The van der Waals surface area contributed by atoms with Crippen molar-refractivity contribution in [2.75, 3.05) is 25.4 Å². The maximum absolute atomic E-state index is 11.2. The fraction of sp³-hybridized carbons (Fsp3) is 0.417. The largest absolute Gasteiger partial charge is 0.399 e. The SMILES string of the molecule is Nc1cc(Br)cc(CN2CCNC(=O)CC2)c1. The van der Waals surface area contributed by atoms with E-state index in [9.17, 15) is 4.79 Å². The van der Waals surface area contributed by atoms with Crippen LogP contribution in [0.25, 0.3) is 0 Å². The van der Waals surface area contributed by atoms with E-state index >= 15 is 0 Å². The molecule has 0 bridgehead atoms. The van der Waals surface area contributed by atoms with Crippen molar-refractivity contribution in [1.82, 2.24) is 10.2 Å². The summed E-state index contributed by atoms with van der Waals surface area (Å²) in [5.41, 5.74) is 7.74. The summed E-state index contributed by atoms with van der Waals surface area (Å²) in [6.45, 7) is 3.25. The lowest BCUT2D eigenvalue weighted by molar-refractivity contribution is -0.120. The van der Waals surface area contributed by atoms with Gasteiger partial charge in [0.15, 0.2) is 0 Å². The zero-order valence-electron chi connectivity index (χ0n) is 9.58. The van der Waals surface area contributed by atoms with Gasteiger partial charge in [-0.3, -0.25) is 9.69 Å². The van der Waals surface area contributed by atoms with Gasteiger partial charge in [-0.1, -0.05) is 15.9 Å². The van der Waals surface area contributed by atoms with Gasteiger partial charge in [-0.15, -0.1) is 0 Å². The quantitative estimate of drug-likeness (QED) is 0.810. The molecule has 92 valence electrons. The normalized spacial score (nSPS) is 17.6. The third-order valence-corrected chi connectivity index (χ3v) is 3.25. The van der Waals surface area contributed by atoms with Crippen LogP contribution in [0.15, 0.2) is 22.7 Å². The predicted molar refractivity (Wildman–Crippen MR) is 71.5 cm³/mol. The summed E-state index contributed by atoms with van der Waals surface area (Å²) < 4.78 is 0.997. The molecule has 0 spiro atoms. The van der Waals surface area contributed by atoms with Gasteiger partial charge in [0.2, 0.25) is 5.91 Å². The third kappa shape index (κ3) is 3.71. The molecule has 0 radical (unpaired) electrons. The number of halogens is 1. The topological polar surface area (TPSA) is 58.4 Å². The molecule has 0 aliphatic carbocycles. The van der Waals surface area contributed by atoms with Gasteiger partial charge in [-0.05, 0) is 23.8 Å². The molecule has 1 fully saturated rings. The minimum absolute atomic E-state index is 0.140. The number of anilines is 1. The molecule has 5 heteroatoms. The maximum Gasteiger partial charge on any atom is 0.221 e. The number of nitrogens with one attached hydrogen (secondary N) is 1. The summed E-state index contributed by atoms with van der Waals surface area (Å²) in [6.07, 6.45) is 0.573. The van der Waals surface area contributed by atoms with Crippen LogP contribution in [0.3, 0.4) is 0 Å². The van der Waals surface area contributed by atoms with Gasteiger partial charge in [0.1, 0.15) is 0 Å². The fourth-order valence-corrected chi connectivity index (χ4v) is 2.55. The van der Waals surface area contributed by atoms with Crippen LogP contribution in [0.4, 0.5) is 5.69 Å². The highest BCUT2D eigenvalue weighted by molar-refractivity contribution is 9.10. The molecule has 2 rings (SSSR count). The Hall–Kier alpha value is -1.07. The van der Waals surface area contributed by atoms with Crippen molar-refractivity contribution in [2.24, 2.45) is 0 Å². The van der Waals surface area contributed by atoms with Gasteiger partial charge in [-0.25, -0.2) is 0 Å². The Morgan fingerprint density at radius 2 is 2.18 bits per heavy atom. The first-order chi connectivity index (χ1) is 8.13. The second kappa shape index (κ2) is 5.51. The summed E-state index contributed by atoms with van der Waals surface area (Å²) in [7, 11) is 0. The second-order valence-corrected chi connectivity index (χ2v) is 5.18. The number of carbonyl (C=O) groups is 1. The zero-order valence-corrected chi connectivity index (χ0v) is 11.2. The van der Waals surface area contributed by atoms with Crippen molar-refractivity contribution < 1.29 is 4.79 Å². The van der Waals surface area contributed by atoms with Crippen molar-refractivity contribution in [3.8, 4) is 0 Å². The standard InChI is InChI=1S/C12H16BrN3O/c13-10-5-9(6-11(14)7-10)8-16-3-1-12(17)15-2-4-16/h5-7H,1-4,8,14H2,(H,15,17). The first-order valence-corrected chi connectivity index (χ1v) is 6.47. The number of hydrogen-bond acceptors (Lipinski definition) is 3. The van der Waals surface area contributed by atoms with Crippen molar-refractivity contribution in [2.45, 2.75) is 13.0 Å². The highest BCUT2D eigenvalue weighted by atomic mass is 79.9. The number of nitrogens with two attached hydrogens (primary N) is 1. The molecule has 3 N–H and O–H groups in total. The van der Waals surface area contributed by atoms with Crippen LogP contribution in [-0.2, 0) is 11.3 Å². The Morgan fingerprint density at radius 3 is 2.94 bits per heavy atom. The monoisotopic (exact) mass is 297 g/mol. The van der Waals surface area contributed by atoms with E-state index in [1.807, 2.05) is 12.1 Å². The van der Waals surface area contributed by atoms with Crippen molar-refractivity contribution in [1.29, 1.82) is 0 Å². The Bertz CT molecular complexity index is 402. The van der Waals surface area contributed by atoms with Gasteiger partial charge in [-0.2, -0.15) is 0 Å². The highest BCUT2D eigenvalue weighted by Crippen LogP contribution is 2.18. The number of nitrogens with zero attached hydrogens (tertiary/aromatic N) is 1. The molecule has 1 heterocycles. The summed E-state index contributed by atoms with van der Waals surface area (Å²) >= 11 is 3.44. The average Bonchev–Trinajstić information content (AvgIpc) is 2.42. The summed E-state index contributed by atoms with van der Waals surface area (Å²) in [6, 6.07) is 5.93. The van der Waals surface area contributed by atoms with E-state index in [0.717, 1.165) is 36.3 Å². The number of hydrogen-bond donors (Lipinski definition) is 2. The molecule has 0 saturated carbocycles. The molecule has 0 atom stereocenters. The molecule has 1 aliphatic heterocycles. The van der Waals surface area contributed by atoms with Gasteiger partial charge in [0.05, 0.1) is 0 Å². The minimum atomic E-state index is 0.140. The molecule has 17 heavy (non-hydrogen) atoms. The third-order valence-electron chi connectivity index (χ3n) is 2.79. The lowest BCUT2D eigenvalue weighted by Gasteiger charge is -2.19. The van der Waals surface area contributed by atoms with Crippen LogP contribution < -0.4 is 11.1 Å². The zero-order chi connectivity index (χ0) is 12.3. The minimum Gasteiger partial charge on any atom is -0.399 e. The Labute approximate surface area is 109 Å². The molecule has 1 amide bonds. The van der Waals surface area contributed by atoms with Crippen LogP contribution in [-0.4, -0.2) is 30.4 Å². The van der Waals surface area contributed by atoms with Crippen LogP contribution >= 0.6 is 15.9 Å². The van der Waals surface area contributed by atoms with Gasteiger partial charge < -0.3 is 11.1 Å². The fourth-order valence-electron chi connectivity index (χ4n) is 2.00. The Morgan fingerprint density at radius 1 is 1.35 bits per heavy atom. The molecule has 4 nitrogen and oxygen atoms in total. The molecule has 0 unspecified atom stereocenters. The second-order valence-electron chi connectivity index (χ2n) is 4.27. The van der Waals surface area contributed by atoms with E-state index in [1.165, 1.54) is 5.56 Å². The highest BCUT2D eigenvalue weighted by Gasteiger charge is 2.13. The van der Waals surface area contributed by atoms with Gasteiger partial charge >= 0.3 is 0 Å². The number of rotatable bonds is 2. The number of amides is 1. The maximum atomic E-state index is 11.2. The van der Waals surface area contributed by atoms with Gasteiger partial charge in [0.25, 0.3) is 0 Å². The lowest BCUT2D eigenvalue weighted by atomic mass is 10.2. The Balaban J connectivity index is 2.02. The Kier molecular flexibility index (Phi) is 4.02.